The fraction of sp³-hybridized carbons (Fsp3) is 0.450. The van der Waals surface area contributed by atoms with E-state index < -0.39 is 0 Å². The molecule has 0 saturated carbocycles. The summed E-state index contributed by atoms with van der Waals surface area (Å²) in [4.78, 5) is 29.4. The summed E-state index contributed by atoms with van der Waals surface area (Å²) in [5.74, 6) is 1.74. The lowest BCUT2D eigenvalue weighted by Crippen LogP contribution is -2.38. The van der Waals surface area contributed by atoms with Crippen molar-refractivity contribution in [3.8, 4) is 10.6 Å². The Morgan fingerprint density at radius 3 is 2.54 bits per heavy atom. The normalized spacial score (nSPS) is 15.2. The standard InChI is InChI=1S/C20H23N5O2S/c1-11-17(13(3)27-24-11)20(26)25-9-6-15(7-10-25)19-22-12(2)18(28-19)16-5-8-21-14(4)23-16/h5,8,15H,6-7,9-10H2,1-4H3. The number of rotatable bonds is 3. The van der Waals surface area contributed by atoms with Gasteiger partial charge in [0.15, 0.2) is 0 Å². The summed E-state index contributed by atoms with van der Waals surface area (Å²) in [5, 5.41) is 5.03. The molecule has 0 N–H and O–H groups in total. The highest BCUT2D eigenvalue weighted by Crippen LogP contribution is 2.36. The lowest BCUT2D eigenvalue weighted by Gasteiger charge is -2.31. The summed E-state index contributed by atoms with van der Waals surface area (Å²) in [6, 6.07) is 1.93. The van der Waals surface area contributed by atoms with E-state index in [1.54, 1.807) is 24.5 Å². The van der Waals surface area contributed by atoms with Gasteiger partial charge in [0.2, 0.25) is 0 Å². The SMILES string of the molecule is Cc1nccc(-c2sc(C3CCN(C(=O)c4c(C)noc4C)CC3)nc2C)n1. The van der Waals surface area contributed by atoms with Gasteiger partial charge in [-0.2, -0.15) is 0 Å². The molecule has 1 aliphatic heterocycles. The van der Waals surface area contributed by atoms with Gasteiger partial charge in [0.1, 0.15) is 17.1 Å². The van der Waals surface area contributed by atoms with Crippen LogP contribution in [0.15, 0.2) is 16.8 Å². The third-order valence-corrected chi connectivity index (χ3v) is 6.54. The second kappa shape index (κ2) is 7.43. The topological polar surface area (TPSA) is 85.0 Å². The van der Waals surface area contributed by atoms with E-state index in [1.807, 2.05) is 31.7 Å². The minimum Gasteiger partial charge on any atom is -0.361 e. The molecule has 3 aromatic rings. The Bertz CT molecular complexity index is 998. The Hall–Kier alpha value is -2.61. The molecule has 0 aromatic carbocycles. The molecule has 28 heavy (non-hydrogen) atoms. The highest BCUT2D eigenvalue weighted by Gasteiger charge is 2.29. The number of amides is 1. The maximum Gasteiger partial charge on any atom is 0.259 e. The number of piperidine rings is 1. The molecule has 0 radical (unpaired) electrons. The van der Waals surface area contributed by atoms with E-state index in [1.165, 1.54) is 0 Å². The van der Waals surface area contributed by atoms with Crippen molar-refractivity contribution in [2.75, 3.05) is 13.1 Å². The molecule has 0 atom stereocenters. The number of aryl methyl sites for hydroxylation is 4. The Morgan fingerprint density at radius 2 is 1.89 bits per heavy atom. The molecule has 4 rings (SSSR count). The Kier molecular flexibility index (Phi) is 4.97. The molecule has 0 unspecified atom stereocenters. The molecule has 7 nitrogen and oxygen atoms in total. The number of carbonyl (C=O) groups excluding carboxylic acids is 1. The average molecular weight is 398 g/mol. The summed E-state index contributed by atoms with van der Waals surface area (Å²) in [6.45, 7) is 8.96. The van der Waals surface area contributed by atoms with Gasteiger partial charge in [-0.3, -0.25) is 4.79 Å². The Labute approximate surface area is 167 Å². The molecule has 1 fully saturated rings. The Balaban J connectivity index is 1.47. The molecule has 3 aromatic heterocycles. The fourth-order valence-corrected chi connectivity index (χ4v) is 4.89. The second-order valence-electron chi connectivity index (χ2n) is 7.22. The third-order valence-electron chi connectivity index (χ3n) is 5.20. The van der Waals surface area contributed by atoms with Crippen LogP contribution >= 0.6 is 11.3 Å². The van der Waals surface area contributed by atoms with Gasteiger partial charge in [-0.25, -0.2) is 15.0 Å². The van der Waals surface area contributed by atoms with Gasteiger partial charge < -0.3 is 9.42 Å². The first-order chi connectivity index (χ1) is 13.4. The number of hydrogen-bond acceptors (Lipinski definition) is 7. The monoisotopic (exact) mass is 397 g/mol. The molecular formula is C20H23N5O2S. The zero-order valence-electron chi connectivity index (χ0n) is 16.5. The molecule has 4 heterocycles. The molecule has 1 amide bonds. The van der Waals surface area contributed by atoms with Crippen LogP contribution in [0.25, 0.3) is 10.6 Å². The van der Waals surface area contributed by atoms with Crippen molar-refractivity contribution in [2.45, 2.75) is 46.5 Å². The van der Waals surface area contributed by atoms with Gasteiger partial charge >= 0.3 is 0 Å². The first-order valence-corrected chi connectivity index (χ1v) is 10.2. The van der Waals surface area contributed by atoms with Crippen LogP contribution in [-0.2, 0) is 0 Å². The van der Waals surface area contributed by atoms with Gasteiger partial charge in [0, 0.05) is 25.2 Å². The zero-order valence-corrected chi connectivity index (χ0v) is 17.3. The van der Waals surface area contributed by atoms with E-state index in [0.29, 0.717) is 36.0 Å². The van der Waals surface area contributed by atoms with E-state index >= 15 is 0 Å². The van der Waals surface area contributed by atoms with Crippen molar-refractivity contribution >= 4 is 17.2 Å². The second-order valence-corrected chi connectivity index (χ2v) is 8.25. The van der Waals surface area contributed by atoms with Gasteiger partial charge in [-0.05, 0) is 46.6 Å². The quantitative estimate of drug-likeness (QED) is 0.667. The van der Waals surface area contributed by atoms with Gasteiger partial charge in [-0.15, -0.1) is 11.3 Å². The van der Waals surface area contributed by atoms with Crippen LogP contribution in [0.4, 0.5) is 0 Å². The number of carbonyl (C=O) groups is 1. The molecular weight excluding hydrogens is 374 g/mol. The van der Waals surface area contributed by atoms with E-state index in [0.717, 1.165) is 39.9 Å². The molecule has 146 valence electrons. The van der Waals surface area contributed by atoms with Crippen LogP contribution in [0.2, 0.25) is 0 Å². The average Bonchev–Trinajstić information content (AvgIpc) is 3.23. The third kappa shape index (κ3) is 3.44. The summed E-state index contributed by atoms with van der Waals surface area (Å²) in [5.41, 5.74) is 3.20. The number of hydrogen-bond donors (Lipinski definition) is 0. The maximum atomic E-state index is 12.8. The highest BCUT2D eigenvalue weighted by atomic mass is 32.1. The lowest BCUT2D eigenvalue weighted by atomic mass is 9.97. The summed E-state index contributed by atoms with van der Waals surface area (Å²) < 4.78 is 5.15. The van der Waals surface area contributed by atoms with Crippen LogP contribution in [0.5, 0.6) is 0 Å². The first kappa shape index (κ1) is 18.7. The number of nitrogens with zero attached hydrogens (tertiary/aromatic N) is 5. The van der Waals surface area contributed by atoms with E-state index in [-0.39, 0.29) is 5.91 Å². The number of likely N-dealkylation sites (tertiary alicyclic amines) is 1. The maximum absolute atomic E-state index is 12.8. The van der Waals surface area contributed by atoms with Crippen LogP contribution in [0.3, 0.4) is 0 Å². The predicted octanol–water partition coefficient (Wildman–Crippen LogP) is 3.84. The Morgan fingerprint density at radius 1 is 1.14 bits per heavy atom. The first-order valence-electron chi connectivity index (χ1n) is 9.43. The van der Waals surface area contributed by atoms with Crippen molar-refractivity contribution in [1.82, 2.24) is 25.0 Å². The van der Waals surface area contributed by atoms with Crippen LogP contribution in [-0.4, -0.2) is 44.0 Å². The van der Waals surface area contributed by atoms with Crippen molar-refractivity contribution in [2.24, 2.45) is 0 Å². The molecule has 8 heteroatoms. The van der Waals surface area contributed by atoms with E-state index in [2.05, 4.69) is 15.1 Å². The number of thiazole rings is 1. The van der Waals surface area contributed by atoms with Crippen LogP contribution in [0.1, 0.15) is 57.1 Å². The van der Waals surface area contributed by atoms with E-state index in [9.17, 15) is 4.79 Å². The molecule has 1 saturated heterocycles. The largest absolute Gasteiger partial charge is 0.361 e. The van der Waals surface area contributed by atoms with Crippen molar-refractivity contribution in [3.05, 3.63) is 45.8 Å². The highest BCUT2D eigenvalue weighted by molar-refractivity contribution is 7.15. The van der Waals surface area contributed by atoms with Gasteiger partial charge in [0.05, 0.1) is 27.0 Å². The van der Waals surface area contributed by atoms with Gasteiger partial charge in [0.25, 0.3) is 5.91 Å². The van der Waals surface area contributed by atoms with Crippen LogP contribution in [0, 0.1) is 27.7 Å². The molecule has 0 bridgehead atoms. The van der Waals surface area contributed by atoms with Crippen molar-refractivity contribution in [3.63, 3.8) is 0 Å². The minimum atomic E-state index is 0.0159. The van der Waals surface area contributed by atoms with Crippen LogP contribution < -0.4 is 0 Å². The molecule has 0 spiro atoms. The smallest absolute Gasteiger partial charge is 0.259 e. The summed E-state index contributed by atoms with van der Waals surface area (Å²) >= 11 is 1.71. The van der Waals surface area contributed by atoms with Gasteiger partial charge in [-0.1, -0.05) is 5.16 Å². The van der Waals surface area contributed by atoms with Crippen molar-refractivity contribution in [1.29, 1.82) is 0 Å². The van der Waals surface area contributed by atoms with Crippen molar-refractivity contribution < 1.29 is 9.32 Å². The summed E-state index contributed by atoms with van der Waals surface area (Å²) in [7, 11) is 0. The van der Waals surface area contributed by atoms with E-state index in [4.69, 9.17) is 9.51 Å². The fourth-order valence-electron chi connectivity index (χ4n) is 3.69. The minimum absolute atomic E-state index is 0.0159. The molecule has 0 aliphatic carbocycles. The predicted molar refractivity (Wildman–Crippen MR) is 106 cm³/mol. The summed E-state index contributed by atoms with van der Waals surface area (Å²) in [6.07, 6.45) is 3.60. The zero-order chi connectivity index (χ0) is 19.8. The lowest BCUT2D eigenvalue weighted by molar-refractivity contribution is 0.0710. The molecule has 1 aliphatic rings. The number of aromatic nitrogens is 4.